The Morgan fingerprint density at radius 2 is 2.16 bits per heavy atom. The maximum Gasteiger partial charge on any atom is 0.265 e. The minimum atomic E-state index is -0.0240. The number of nitrogens with zero attached hydrogens (tertiary/aromatic N) is 1. The summed E-state index contributed by atoms with van der Waals surface area (Å²) >= 11 is 7.58. The molecule has 19 heavy (non-hydrogen) atoms. The van der Waals surface area contributed by atoms with E-state index in [1.54, 1.807) is 0 Å². The van der Waals surface area contributed by atoms with Crippen molar-refractivity contribution in [3.63, 3.8) is 0 Å². The van der Waals surface area contributed by atoms with Crippen LogP contribution in [0.3, 0.4) is 0 Å². The Balaban J connectivity index is 2.18. The van der Waals surface area contributed by atoms with Gasteiger partial charge in [0.05, 0.1) is 11.6 Å². The Kier molecular flexibility index (Phi) is 5.25. The lowest BCUT2D eigenvalue weighted by molar-refractivity contribution is 0.0590. The molecular formula is C14H20ClNO2S. The molecule has 1 aromatic heterocycles. The van der Waals surface area contributed by atoms with Gasteiger partial charge in [-0.05, 0) is 30.7 Å². The number of carbonyl (C=O) groups is 1. The number of aliphatic hydroxyl groups is 1. The molecule has 0 radical (unpaired) electrons. The number of aliphatic hydroxyl groups excluding tert-OH is 1. The number of hydrogen-bond donors (Lipinski definition) is 1. The van der Waals surface area contributed by atoms with Gasteiger partial charge in [-0.25, -0.2) is 0 Å². The van der Waals surface area contributed by atoms with E-state index in [1.165, 1.54) is 17.8 Å². The van der Waals surface area contributed by atoms with E-state index < -0.39 is 0 Å². The van der Waals surface area contributed by atoms with Crippen molar-refractivity contribution >= 4 is 28.8 Å². The summed E-state index contributed by atoms with van der Waals surface area (Å²) in [5, 5.41) is 11.7. The van der Waals surface area contributed by atoms with Crippen LogP contribution in [0.2, 0.25) is 5.02 Å². The number of rotatable bonds is 4. The third-order valence-electron chi connectivity index (χ3n) is 3.71. The molecule has 1 aliphatic carbocycles. The van der Waals surface area contributed by atoms with Crippen LogP contribution in [0.5, 0.6) is 0 Å². The lowest BCUT2D eigenvalue weighted by Crippen LogP contribution is -2.42. The minimum absolute atomic E-state index is 0.00418. The molecule has 0 bridgehead atoms. The Hall–Kier alpha value is -0.580. The number of thiophene rings is 1. The van der Waals surface area contributed by atoms with Crippen LogP contribution in [0.4, 0.5) is 0 Å². The van der Waals surface area contributed by atoms with Crippen molar-refractivity contribution in [1.82, 2.24) is 4.90 Å². The fourth-order valence-corrected chi connectivity index (χ4v) is 3.88. The Bertz CT molecular complexity index is 441. The average molecular weight is 302 g/mol. The second-order valence-corrected chi connectivity index (χ2v) is 6.33. The first-order valence-corrected chi connectivity index (χ1v) is 8.06. The highest BCUT2D eigenvalue weighted by molar-refractivity contribution is 7.13. The minimum Gasteiger partial charge on any atom is -0.395 e. The summed E-state index contributed by atoms with van der Waals surface area (Å²) in [6, 6.07) is 0.256. The third kappa shape index (κ3) is 3.30. The van der Waals surface area contributed by atoms with E-state index >= 15 is 0 Å². The molecule has 1 saturated carbocycles. The van der Waals surface area contributed by atoms with Gasteiger partial charge >= 0.3 is 0 Å². The van der Waals surface area contributed by atoms with Gasteiger partial charge in [0.2, 0.25) is 0 Å². The van der Waals surface area contributed by atoms with E-state index in [4.69, 9.17) is 11.6 Å². The fourth-order valence-electron chi connectivity index (χ4n) is 2.65. The lowest BCUT2D eigenvalue weighted by Gasteiger charge is -2.33. The number of carbonyl (C=O) groups excluding carboxylic acids is 1. The molecule has 1 fully saturated rings. The normalized spacial score (nSPS) is 16.6. The van der Waals surface area contributed by atoms with Crippen LogP contribution in [0.1, 0.15) is 47.3 Å². The first kappa shape index (κ1) is 14.8. The van der Waals surface area contributed by atoms with Gasteiger partial charge in [0.15, 0.2) is 0 Å². The van der Waals surface area contributed by atoms with Gasteiger partial charge in [-0.3, -0.25) is 4.79 Å². The first-order chi connectivity index (χ1) is 9.15. The summed E-state index contributed by atoms with van der Waals surface area (Å²) in [5.74, 6) is -0.0240. The van der Waals surface area contributed by atoms with Crippen LogP contribution in [-0.2, 0) is 0 Å². The van der Waals surface area contributed by atoms with Crippen LogP contribution in [0, 0.1) is 6.92 Å². The Morgan fingerprint density at radius 3 is 2.68 bits per heavy atom. The van der Waals surface area contributed by atoms with Crippen molar-refractivity contribution in [2.45, 2.75) is 45.1 Å². The zero-order valence-corrected chi connectivity index (χ0v) is 12.8. The molecular weight excluding hydrogens is 282 g/mol. The van der Waals surface area contributed by atoms with Crippen LogP contribution < -0.4 is 0 Å². The molecule has 0 spiro atoms. The summed E-state index contributed by atoms with van der Waals surface area (Å²) in [5.41, 5.74) is 0.947. The van der Waals surface area contributed by atoms with Gasteiger partial charge in [0.25, 0.3) is 5.91 Å². The summed E-state index contributed by atoms with van der Waals surface area (Å²) in [6.07, 6.45) is 5.64. The fraction of sp³-hybridized carbons (Fsp3) is 0.643. The summed E-state index contributed by atoms with van der Waals surface area (Å²) in [6.45, 7) is 2.31. The van der Waals surface area contributed by atoms with Gasteiger partial charge in [-0.1, -0.05) is 30.9 Å². The zero-order valence-electron chi connectivity index (χ0n) is 11.2. The Morgan fingerprint density at radius 1 is 1.47 bits per heavy atom. The van der Waals surface area contributed by atoms with Crippen LogP contribution >= 0.6 is 22.9 Å². The highest BCUT2D eigenvalue weighted by Crippen LogP contribution is 2.31. The van der Waals surface area contributed by atoms with Crippen LogP contribution in [-0.4, -0.2) is 35.1 Å². The molecule has 1 amide bonds. The highest BCUT2D eigenvalue weighted by Gasteiger charge is 2.28. The molecule has 0 unspecified atom stereocenters. The maximum absolute atomic E-state index is 12.6. The molecule has 3 nitrogen and oxygen atoms in total. The van der Waals surface area contributed by atoms with Crippen LogP contribution in [0.15, 0.2) is 5.38 Å². The molecule has 0 aliphatic heterocycles. The molecule has 0 aromatic carbocycles. The molecule has 0 atom stereocenters. The number of halogens is 1. The number of amides is 1. The maximum atomic E-state index is 12.6. The SMILES string of the molecule is Cc1csc(C(=O)N(CCO)C2CCCCC2)c1Cl. The summed E-state index contributed by atoms with van der Waals surface area (Å²) < 4.78 is 0. The lowest BCUT2D eigenvalue weighted by atomic mass is 9.94. The summed E-state index contributed by atoms with van der Waals surface area (Å²) in [4.78, 5) is 15.0. The molecule has 5 heteroatoms. The molecule has 0 saturated heterocycles. The molecule has 1 N–H and O–H groups in total. The number of aryl methyl sites for hydroxylation is 1. The van der Waals surface area contributed by atoms with Gasteiger partial charge in [-0.15, -0.1) is 11.3 Å². The largest absolute Gasteiger partial charge is 0.395 e. The average Bonchev–Trinajstić information content (AvgIpc) is 2.77. The third-order valence-corrected chi connectivity index (χ3v) is 5.40. The first-order valence-electron chi connectivity index (χ1n) is 6.80. The number of hydrogen-bond acceptors (Lipinski definition) is 3. The zero-order chi connectivity index (χ0) is 13.8. The predicted octanol–water partition coefficient (Wildman–Crippen LogP) is 3.48. The Labute approximate surface area is 123 Å². The molecule has 1 aliphatic rings. The van der Waals surface area contributed by atoms with E-state index in [2.05, 4.69) is 0 Å². The summed E-state index contributed by atoms with van der Waals surface area (Å²) in [7, 11) is 0. The van der Waals surface area contributed by atoms with Crippen molar-refractivity contribution in [2.24, 2.45) is 0 Å². The van der Waals surface area contributed by atoms with E-state index in [0.717, 1.165) is 31.2 Å². The van der Waals surface area contributed by atoms with Crippen molar-refractivity contribution < 1.29 is 9.90 Å². The highest BCUT2D eigenvalue weighted by atomic mass is 35.5. The van der Waals surface area contributed by atoms with Crippen molar-refractivity contribution in [3.05, 3.63) is 20.8 Å². The van der Waals surface area contributed by atoms with Crippen molar-refractivity contribution in [1.29, 1.82) is 0 Å². The quantitative estimate of drug-likeness (QED) is 0.925. The smallest absolute Gasteiger partial charge is 0.265 e. The van der Waals surface area contributed by atoms with Gasteiger partial charge in [0, 0.05) is 12.6 Å². The van der Waals surface area contributed by atoms with Crippen molar-refractivity contribution in [2.75, 3.05) is 13.2 Å². The van der Waals surface area contributed by atoms with Gasteiger partial charge in [0.1, 0.15) is 4.88 Å². The molecule has 1 aromatic rings. The monoisotopic (exact) mass is 301 g/mol. The van der Waals surface area contributed by atoms with Gasteiger partial charge in [-0.2, -0.15) is 0 Å². The molecule has 1 heterocycles. The molecule has 106 valence electrons. The van der Waals surface area contributed by atoms with Gasteiger partial charge < -0.3 is 10.0 Å². The predicted molar refractivity (Wildman–Crippen MR) is 79.1 cm³/mol. The second-order valence-electron chi connectivity index (χ2n) is 5.08. The van der Waals surface area contributed by atoms with E-state index in [-0.39, 0.29) is 18.6 Å². The second kappa shape index (κ2) is 6.73. The molecule has 2 rings (SSSR count). The van der Waals surface area contributed by atoms with Crippen molar-refractivity contribution in [3.8, 4) is 0 Å². The topological polar surface area (TPSA) is 40.5 Å². The van der Waals surface area contributed by atoms with Crippen LogP contribution in [0.25, 0.3) is 0 Å². The van der Waals surface area contributed by atoms with E-state index in [0.29, 0.717) is 16.4 Å². The van der Waals surface area contributed by atoms with E-state index in [9.17, 15) is 9.90 Å². The van der Waals surface area contributed by atoms with E-state index in [1.807, 2.05) is 17.2 Å². The standard InChI is InChI=1S/C14H20ClNO2S/c1-10-9-19-13(12(10)15)14(18)16(7-8-17)11-5-3-2-4-6-11/h9,11,17H,2-8H2,1H3.